The predicted molar refractivity (Wildman–Crippen MR) is 126 cm³/mol. The smallest absolute Gasteiger partial charge is 0.193 e. The molecule has 0 aromatic heterocycles. The Hall–Kier alpha value is -0.860. The summed E-state index contributed by atoms with van der Waals surface area (Å²) < 4.78 is 11.4. The van der Waals surface area contributed by atoms with Gasteiger partial charge in [-0.2, -0.15) is 0 Å². The number of rotatable bonds is 5. The van der Waals surface area contributed by atoms with Gasteiger partial charge in [0.1, 0.15) is 0 Å². The zero-order valence-electron chi connectivity index (χ0n) is 17.5. The Bertz CT molecular complexity index is 605. The van der Waals surface area contributed by atoms with Crippen LogP contribution in [0.1, 0.15) is 44.1 Å². The molecule has 2 atom stereocenters. The molecule has 1 N–H and O–H groups in total. The second-order valence-corrected chi connectivity index (χ2v) is 7.82. The lowest BCUT2D eigenvalue weighted by molar-refractivity contribution is -0.0858. The first-order chi connectivity index (χ1) is 13.2. The normalized spacial score (nSPS) is 25.1. The van der Waals surface area contributed by atoms with Crippen LogP contribution in [-0.4, -0.2) is 63.5 Å². The minimum Gasteiger partial charge on any atom is -0.381 e. The summed E-state index contributed by atoms with van der Waals surface area (Å²) in [7, 11) is 3.70. The molecule has 0 amide bonds. The number of halogens is 1. The minimum absolute atomic E-state index is 0. The number of guanidine groups is 1. The SMILES string of the molecule is CCC1CN(C(=NC)NCC2(OC)CCOCC2)CCC1c1ccccc1.I. The number of piperidine rings is 1. The summed E-state index contributed by atoms with van der Waals surface area (Å²) in [5.74, 6) is 2.30. The predicted octanol–water partition coefficient (Wildman–Crippen LogP) is 3.89. The van der Waals surface area contributed by atoms with Crippen LogP contribution in [0.5, 0.6) is 0 Å². The monoisotopic (exact) mass is 501 g/mol. The maximum Gasteiger partial charge on any atom is 0.193 e. The highest BCUT2D eigenvalue weighted by Gasteiger charge is 2.34. The van der Waals surface area contributed by atoms with Crippen molar-refractivity contribution in [3.8, 4) is 0 Å². The van der Waals surface area contributed by atoms with Crippen LogP contribution in [0.4, 0.5) is 0 Å². The van der Waals surface area contributed by atoms with E-state index in [0.717, 1.165) is 51.6 Å². The fourth-order valence-corrected chi connectivity index (χ4v) is 4.55. The van der Waals surface area contributed by atoms with Gasteiger partial charge in [-0.15, -0.1) is 24.0 Å². The summed E-state index contributed by atoms with van der Waals surface area (Å²) >= 11 is 0. The Morgan fingerprint density at radius 2 is 2.00 bits per heavy atom. The van der Waals surface area contributed by atoms with Gasteiger partial charge in [0.25, 0.3) is 0 Å². The number of nitrogens with one attached hydrogen (secondary N) is 1. The zero-order chi connectivity index (χ0) is 19.1. The maximum absolute atomic E-state index is 5.86. The van der Waals surface area contributed by atoms with E-state index in [1.54, 1.807) is 0 Å². The molecule has 0 aliphatic carbocycles. The number of hydrogen-bond donors (Lipinski definition) is 1. The van der Waals surface area contributed by atoms with E-state index in [9.17, 15) is 0 Å². The molecular formula is C22H36IN3O2. The molecular weight excluding hydrogens is 465 g/mol. The molecule has 2 fully saturated rings. The highest BCUT2D eigenvalue weighted by molar-refractivity contribution is 14.0. The van der Waals surface area contributed by atoms with Crippen LogP contribution in [0.25, 0.3) is 0 Å². The highest BCUT2D eigenvalue weighted by Crippen LogP contribution is 2.35. The van der Waals surface area contributed by atoms with Crippen LogP contribution >= 0.6 is 24.0 Å². The number of benzene rings is 1. The quantitative estimate of drug-likeness (QED) is 0.378. The highest BCUT2D eigenvalue weighted by atomic mass is 127. The third-order valence-corrected chi connectivity index (χ3v) is 6.40. The van der Waals surface area contributed by atoms with Crippen molar-refractivity contribution in [2.75, 3.05) is 47.0 Å². The zero-order valence-corrected chi connectivity index (χ0v) is 19.9. The van der Waals surface area contributed by atoms with Crippen LogP contribution in [-0.2, 0) is 9.47 Å². The second kappa shape index (κ2) is 11.4. The molecule has 6 heteroatoms. The molecule has 2 saturated heterocycles. The molecule has 1 aromatic carbocycles. The van der Waals surface area contributed by atoms with Crippen LogP contribution in [0.2, 0.25) is 0 Å². The topological polar surface area (TPSA) is 46.1 Å². The van der Waals surface area contributed by atoms with Crippen LogP contribution < -0.4 is 5.32 Å². The van der Waals surface area contributed by atoms with Crippen LogP contribution in [0, 0.1) is 5.92 Å². The average molecular weight is 501 g/mol. The van der Waals surface area contributed by atoms with Crippen molar-refractivity contribution >= 4 is 29.9 Å². The number of methoxy groups -OCH3 is 1. The molecule has 0 radical (unpaired) electrons. The lowest BCUT2D eigenvalue weighted by Gasteiger charge is -2.41. The van der Waals surface area contributed by atoms with Crippen molar-refractivity contribution in [3.63, 3.8) is 0 Å². The first kappa shape index (κ1) is 23.4. The van der Waals surface area contributed by atoms with Gasteiger partial charge in [-0.05, 0) is 23.8 Å². The summed E-state index contributed by atoms with van der Waals surface area (Å²) in [6, 6.07) is 11.0. The molecule has 1 aromatic rings. The van der Waals surface area contributed by atoms with E-state index in [2.05, 4.69) is 52.5 Å². The van der Waals surface area contributed by atoms with Gasteiger partial charge >= 0.3 is 0 Å². The number of likely N-dealkylation sites (tertiary alicyclic amines) is 1. The molecule has 5 nitrogen and oxygen atoms in total. The first-order valence-electron chi connectivity index (χ1n) is 10.3. The van der Waals surface area contributed by atoms with Crippen molar-refractivity contribution < 1.29 is 9.47 Å². The van der Waals surface area contributed by atoms with E-state index in [1.807, 2.05) is 14.2 Å². The lowest BCUT2D eigenvalue weighted by atomic mass is 9.79. The standard InChI is InChI=1S/C22H35N3O2.HI/c1-4-18-16-25(13-10-20(18)19-8-6-5-7-9-19)21(23-2)24-17-22(26-3)11-14-27-15-12-22;/h5-9,18,20H,4,10-17H2,1-3H3,(H,23,24);1H. The van der Waals surface area contributed by atoms with E-state index in [-0.39, 0.29) is 29.6 Å². The average Bonchev–Trinajstić information content (AvgIpc) is 2.75. The molecule has 28 heavy (non-hydrogen) atoms. The van der Waals surface area contributed by atoms with Gasteiger partial charge in [0.05, 0.1) is 5.60 Å². The van der Waals surface area contributed by atoms with E-state index in [1.165, 1.54) is 18.4 Å². The summed E-state index contributed by atoms with van der Waals surface area (Å²) in [6.07, 6.45) is 4.22. The van der Waals surface area contributed by atoms with Crippen molar-refractivity contribution in [1.82, 2.24) is 10.2 Å². The lowest BCUT2D eigenvalue weighted by Crippen LogP contribution is -2.54. The summed E-state index contributed by atoms with van der Waals surface area (Å²) in [5.41, 5.74) is 1.34. The van der Waals surface area contributed by atoms with E-state index in [0.29, 0.717) is 11.8 Å². The molecule has 2 aliphatic heterocycles. The van der Waals surface area contributed by atoms with Gasteiger partial charge in [0.2, 0.25) is 0 Å². The van der Waals surface area contributed by atoms with Gasteiger partial charge in [0.15, 0.2) is 5.96 Å². The van der Waals surface area contributed by atoms with Gasteiger partial charge in [-0.25, -0.2) is 0 Å². The number of aliphatic imine (C=N–C) groups is 1. The number of ether oxygens (including phenoxy) is 2. The molecule has 2 heterocycles. The Morgan fingerprint density at radius 1 is 1.29 bits per heavy atom. The van der Waals surface area contributed by atoms with Gasteiger partial charge < -0.3 is 19.7 Å². The molecule has 0 spiro atoms. The van der Waals surface area contributed by atoms with Crippen molar-refractivity contribution in [2.24, 2.45) is 10.9 Å². The van der Waals surface area contributed by atoms with Gasteiger partial charge in [-0.3, -0.25) is 4.99 Å². The third kappa shape index (κ3) is 5.60. The Morgan fingerprint density at radius 3 is 2.61 bits per heavy atom. The fourth-order valence-electron chi connectivity index (χ4n) is 4.55. The van der Waals surface area contributed by atoms with Crippen LogP contribution in [0.3, 0.4) is 0 Å². The number of hydrogen-bond acceptors (Lipinski definition) is 3. The molecule has 3 rings (SSSR count). The van der Waals surface area contributed by atoms with Gasteiger partial charge in [0, 0.05) is 59.8 Å². The van der Waals surface area contributed by atoms with Crippen molar-refractivity contribution in [3.05, 3.63) is 35.9 Å². The van der Waals surface area contributed by atoms with Crippen LogP contribution in [0.15, 0.2) is 35.3 Å². The molecule has 2 unspecified atom stereocenters. The summed E-state index contributed by atoms with van der Waals surface area (Å²) in [5, 5.41) is 3.60. The Labute approximate surface area is 187 Å². The minimum atomic E-state index is -0.138. The molecule has 0 bridgehead atoms. The first-order valence-corrected chi connectivity index (χ1v) is 10.3. The number of nitrogens with zero attached hydrogens (tertiary/aromatic N) is 2. The molecule has 158 valence electrons. The van der Waals surface area contributed by atoms with Gasteiger partial charge in [-0.1, -0.05) is 43.7 Å². The molecule has 2 aliphatic rings. The Kier molecular flexibility index (Phi) is 9.50. The second-order valence-electron chi connectivity index (χ2n) is 7.82. The molecule has 0 saturated carbocycles. The third-order valence-electron chi connectivity index (χ3n) is 6.40. The van der Waals surface area contributed by atoms with E-state index < -0.39 is 0 Å². The summed E-state index contributed by atoms with van der Waals surface area (Å²) in [4.78, 5) is 7.00. The van der Waals surface area contributed by atoms with Crippen molar-refractivity contribution in [2.45, 2.75) is 44.1 Å². The van der Waals surface area contributed by atoms with E-state index in [4.69, 9.17) is 9.47 Å². The fraction of sp³-hybridized carbons (Fsp3) is 0.682. The maximum atomic E-state index is 5.86. The van der Waals surface area contributed by atoms with E-state index >= 15 is 0 Å². The Balaban J connectivity index is 0.00000280. The van der Waals surface area contributed by atoms with Crippen molar-refractivity contribution in [1.29, 1.82) is 0 Å². The summed E-state index contributed by atoms with van der Waals surface area (Å²) in [6.45, 7) is 6.73. The largest absolute Gasteiger partial charge is 0.381 e.